The second-order valence-corrected chi connectivity index (χ2v) is 17.4. The van der Waals surface area contributed by atoms with E-state index in [-0.39, 0.29) is 27.6 Å². The lowest BCUT2D eigenvalue weighted by Crippen LogP contribution is -2.60. The molecule has 2 N–H and O–H groups in total. The zero-order chi connectivity index (χ0) is 33.8. The first-order chi connectivity index (χ1) is 22.3. The number of carbonyl (C=O) groups is 2. The van der Waals surface area contributed by atoms with Crippen molar-refractivity contribution < 1.29 is 14.3 Å². The number of allylic oxidation sites excluding steroid dienone is 3. The summed E-state index contributed by atoms with van der Waals surface area (Å²) < 4.78 is 4.96. The van der Waals surface area contributed by atoms with Gasteiger partial charge in [0.2, 0.25) is 5.91 Å². The van der Waals surface area contributed by atoms with Crippen molar-refractivity contribution in [1.29, 1.82) is 0 Å². The summed E-state index contributed by atoms with van der Waals surface area (Å²) in [6.45, 7) is 18.7. The first-order valence-corrected chi connectivity index (χ1v) is 18.8. The van der Waals surface area contributed by atoms with E-state index in [1.54, 1.807) is 0 Å². The molecule has 1 aromatic rings. The van der Waals surface area contributed by atoms with Gasteiger partial charge < -0.3 is 15.4 Å². The number of hydrogen-bond acceptors (Lipinski definition) is 4. The number of nitrogens with one attached hydrogen (secondary N) is 2. The van der Waals surface area contributed by atoms with Gasteiger partial charge in [-0.1, -0.05) is 64.5 Å². The number of rotatable bonds is 8. The quantitative estimate of drug-likeness (QED) is 0.169. The van der Waals surface area contributed by atoms with E-state index >= 15 is 0 Å². The van der Waals surface area contributed by atoms with E-state index in [0.29, 0.717) is 47.0 Å². The highest BCUT2D eigenvalue weighted by Gasteiger charge is 2.67. The van der Waals surface area contributed by atoms with Crippen LogP contribution in [0.15, 0.2) is 42.5 Å². The highest BCUT2D eigenvalue weighted by Crippen LogP contribution is 2.73. The monoisotopic (exact) mass is 642 g/mol. The number of amides is 1. The highest BCUT2D eigenvalue weighted by molar-refractivity contribution is 5.90. The lowest BCUT2D eigenvalue weighted by atomic mass is 9.40. The largest absolute Gasteiger partial charge is 0.465 e. The van der Waals surface area contributed by atoms with Crippen molar-refractivity contribution in [2.24, 2.45) is 57.2 Å². The predicted octanol–water partition coefficient (Wildman–Crippen LogP) is 8.85. The summed E-state index contributed by atoms with van der Waals surface area (Å²) in [4.78, 5) is 26.3. The molecule has 5 aliphatic rings. The molecule has 0 aliphatic heterocycles. The van der Waals surface area contributed by atoms with E-state index in [1.165, 1.54) is 62.3 Å². The van der Waals surface area contributed by atoms with Gasteiger partial charge in [-0.25, -0.2) is 4.79 Å². The van der Waals surface area contributed by atoms with Crippen LogP contribution >= 0.6 is 0 Å². The second kappa shape index (κ2) is 12.8. The molecule has 6 rings (SSSR count). The maximum Gasteiger partial charge on any atom is 0.337 e. The summed E-state index contributed by atoms with van der Waals surface area (Å²) in [6, 6.07) is 8.09. The lowest BCUT2D eigenvalue weighted by molar-refractivity contribution is -0.163. The van der Waals surface area contributed by atoms with Crippen molar-refractivity contribution in [2.75, 3.05) is 27.2 Å². The standard InChI is InChI=1S/C42H62N2O3/c1-27(2)30-19-22-42(38(46)44-26-10-25-43-7)24-23-40(5)32-11-9-12-35-39(3,4)31(28-13-15-29(16-14-28)37(45)47-8)20-21-41(35,6)33(32)17-18-34(40)36(30)42/h13-16,20,30,32-36,43H,1,9-12,17-19,21-26H2,2-8H3,(H,44,46)/t30-,32-,33-,34+,35-,36+,40-,41+,42-/m0/s1. The van der Waals surface area contributed by atoms with Crippen LogP contribution in [0.3, 0.4) is 0 Å². The Morgan fingerprint density at radius 3 is 2.28 bits per heavy atom. The smallest absolute Gasteiger partial charge is 0.337 e. The third-order valence-corrected chi connectivity index (χ3v) is 15.0. The van der Waals surface area contributed by atoms with Gasteiger partial charge in [-0.05, 0) is 160 Å². The Balaban J connectivity index is 1.30. The molecule has 258 valence electrons. The summed E-state index contributed by atoms with van der Waals surface area (Å²) in [7, 11) is 3.42. The molecule has 47 heavy (non-hydrogen) atoms. The first kappa shape index (κ1) is 34.5. The molecule has 9 atom stereocenters. The Morgan fingerprint density at radius 1 is 0.894 bits per heavy atom. The van der Waals surface area contributed by atoms with Gasteiger partial charge in [-0.3, -0.25) is 4.79 Å². The van der Waals surface area contributed by atoms with Crippen LogP contribution in [-0.2, 0) is 9.53 Å². The van der Waals surface area contributed by atoms with E-state index in [0.717, 1.165) is 45.2 Å². The molecule has 5 nitrogen and oxygen atoms in total. The average Bonchev–Trinajstić information content (AvgIpc) is 3.37. The zero-order valence-corrected chi connectivity index (χ0v) is 30.5. The molecular formula is C42H62N2O3. The van der Waals surface area contributed by atoms with Crippen LogP contribution < -0.4 is 10.6 Å². The Bertz CT molecular complexity index is 1390. The molecule has 4 saturated carbocycles. The SMILES string of the molecule is C=C(C)[C@@H]1CC[C@]2(C(=O)NCCCNC)CC[C@]3(C)[C@H](CC[C@H]4[C@@H]3CCC[C@H]3C(C)(C)C(c5ccc(C(=O)OC)cc5)=CC[C@]43C)[C@@H]12. The predicted molar refractivity (Wildman–Crippen MR) is 192 cm³/mol. The van der Waals surface area contributed by atoms with Gasteiger partial charge in [0.15, 0.2) is 0 Å². The van der Waals surface area contributed by atoms with Gasteiger partial charge in [0.25, 0.3) is 0 Å². The second-order valence-electron chi connectivity index (χ2n) is 17.4. The fraction of sp³-hybridized carbons (Fsp3) is 0.714. The number of methoxy groups -OCH3 is 1. The van der Waals surface area contributed by atoms with Crippen LogP contribution in [0.1, 0.15) is 121 Å². The minimum atomic E-state index is -0.280. The van der Waals surface area contributed by atoms with Crippen LogP contribution in [0.25, 0.3) is 5.57 Å². The van der Waals surface area contributed by atoms with Crippen LogP contribution in [-0.4, -0.2) is 39.1 Å². The van der Waals surface area contributed by atoms with Gasteiger partial charge in [-0.2, -0.15) is 0 Å². The van der Waals surface area contributed by atoms with E-state index in [2.05, 4.69) is 70.0 Å². The van der Waals surface area contributed by atoms with E-state index < -0.39 is 0 Å². The fourth-order valence-electron chi connectivity index (χ4n) is 12.8. The van der Waals surface area contributed by atoms with Crippen LogP contribution in [0.4, 0.5) is 0 Å². The maximum atomic E-state index is 14.2. The lowest BCUT2D eigenvalue weighted by Gasteiger charge is -2.64. The summed E-state index contributed by atoms with van der Waals surface area (Å²) >= 11 is 0. The number of carbonyl (C=O) groups excluding carboxylic acids is 2. The average molecular weight is 643 g/mol. The molecule has 0 saturated heterocycles. The van der Waals surface area contributed by atoms with Crippen LogP contribution in [0.5, 0.6) is 0 Å². The van der Waals surface area contributed by atoms with Crippen molar-refractivity contribution in [3.8, 4) is 0 Å². The zero-order valence-electron chi connectivity index (χ0n) is 30.5. The third kappa shape index (κ3) is 5.46. The molecule has 5 heteroatoms. The molecule has 0 heterocycles. The molecular weight excluding hydrogens is 580 g/mol. The van der Waals surface area contributed by atoms with E-state index in [9.17, 15) is 9.59 Å². The van der Waals surface area contributed by atoms with Gasteiger partial charge in [-0.15, -0.1) is 0 Å². The van der Waals surface area contributed by atoms with Gasteiger partial charge in [0, 0.05) is 6.54 Å². The van der Waals surface area contributed by atoms with Crippen molar-refractivity contribution in [2.45, 2.75) is 105 Å². The van der Waals surface area contributed by atoms with E-state index in [1.807, 2.05) is 19.2 Å². The molecule has 1 amide bonds. The number of benzene rings is 1. The van der Waals surface area contributed by atoms with Gasteiger partial charge in [0.1, 0.15) is 0 Å². The third-order valence-electron chi connectivity index (χ3n) is 15.0. The van der Waals surface area contributed by atoms with Gasteiger partial charge in [0.05, 0.1) is 18.1 Å². The number of hydrogen-bond donors (Lipinski definition) is 2. The Morgan fingerprint density at radius 2 is 1.60 bits per heavy atom. The molecule has 1 aromatic carbocycles. The van der Waals surface area contributed by atoms with Crippen molar-refractivity contribution in [3.63, 3.8) is 0 Å². The number of esters is 1. The molecule has 0 spiro atoms. The van der Waals surface area contributed by atoms with Gasteiger partial charge >= 0.3 is 5.97 Å². The highest BCUT2D eigenvalue weighted by atomic mass is 16.5. The van der Waals surface area contributed by atoms with Crippen LogP contribution in [0.2, 0.25) is 0 Å². The number of fused-ring (bicyclic) bond motifs is 7. The summed E-state index contributed by atoms with van der Waals surface area (Å²) in [5.41, 5.74) is 4.89. The molecule has 0 radical (unpaired) electrons. The minimum absolute atomic E-state index is 0.0377. The molecule has 0 bridgehead atoms. The van der Waals surface area contributed by atoms with Crippen molar-refractivity contribution in [1.82, 2.24) is 10.6 Å². The molecule has 0 aromatic heterocycles. The summed E-state index contributed by atoms with van der Waals surface area (Å²) in [6.07, 6.45) is 15.4. The van der Waals surface area contributed by atoms with Crippen molar-refractivity contribution in [3.05, 3.63) is 53.6 Å². The molecule has 5 aliphatic carbocycles. The van der Waals surface area contributed by atoms with Crippen LogP contribution in [0, 0.1) is 57.2 Å². The Kier molecular flexibility index (Phi) is 9.39. The summed E-state index contributed by atoms with van der Waals surface area (Å²) in [5.74, 6) is 3.51. The first-order valence-electron chi connectivity index (χ1n) is 18.8. The molecule has 0 unspecified atom stereocenters. The fourth-order valence-corrected chi connectivity index (χ4v) is 12.8. The van der Waals surface area contributed by atoms with Crippen molar-refractivity contribution >= 4 is 17.4 Å². The minimum Gasteiger partial charge on any atom is -0.465 e. The van der Waals surface area contributed by atoms with E-state index in [4.69, 9.17) is 4.74 Å². The Labute approximate surface area is 285 Å². The molecule has 4 fully saturated rings. The summed E-state index contributed by atoms with van der Waals surface area (Å²) in [5, 5.41) is 6.65. The maximum absolute atomic E-state index is 14.2. The number of ether oxygens (including phenoxy) is 1. The normalized spacial score (nSPS) is 38.8. The topological polar surface area (TPSA) is 67.4 Å². The Hall–Kier alpha value is -2.40.